The van der Waals surface area contributed by atoms with Crippen LogP contribution in [0.3, 0.4) is 0 Å². The predicted molar refractivity (Wildman–Crippen MR) is 65.7 cm³/mol. The van der Waals surface area contributed by atoms with Gasteiger partial charge < -0.3 is 10.0 Å². The monoisotopic (exact) mass is 243 g/mol. The molecule has 0 saturated carbocycles. The Balaban J connectivity index is 2.09. The van der Waals surface area contributed by atoms with Gasteiger partial charge in [0.25, 0.3) is 5.91 Å². The minimum atomic E-state index is -0.956. The lowest BCUT2D eigenvalue weighted by molar-refractivity contribution is -0.146. The third kappa shape index (κ3) is 2.69. The van der Waals surface area contributed by atoms with Gasteiger partial charge in [0.2, 0.25) is 0 Å². The first-order valence-electron chi connectivity index (χ1n) is 5.79. The quantitative estimate of drug-likeness (QED) is 0.752. The summed E-state index contributed by atoms with van der Waals surface area (Å²) in [5.74, 6) is 3.88. The molecule has 18 heavy (non-hydrogen) atoms. The fourth-order valence-corrected chi connectivity index (χ4v) is 1.99. The van der Waals surface area contributed by atoms with Gasteiger partial charge in [0.15, 0.2) is 0 Å². The first-order chi connectivity index (χ1) is 8.68. The van der Waals surface area contributed by atoms with Crippen molar-refractivity contribution >= 4 is 11.9 Å². The van der Waals surface area contributed by atoms with Gasteiger partial charge >= 0.3 is 5.97 Å². The number of benzene rings is 1. The lowest BCUT2D eigenvalue weighted by Gasteiger charge is -2.17. The van der Waals surface area contributed by atoms with Crippen molar-refractivity contribution in [2.45, 2.75) is 18.9 Å². The first-order valence-corrected chi connectivity index (χ1v) is 5.79. The van der Waals surface area contributed by atoms with Gasteiger partial charge in [-0.2, -0.15) is 0 Å². The highest BCUT2D eigenvalue weighted by Crippen LogP contribution is 2.17. The summed E-state index contributed by atoms with van der Waals surface area (Å²) in [5, 5.41) is 8.98. The van der Waals surface area contributed by atoms with Crippen molar-refractivity contribution in [3.8, 4) is 11.8 Å². The smallest absolute Gasteiger partial charge is 0.326 e. The molecule has 0 radical (unpaired) electrons. The van der Waals surface area contributed by atoms with E-state index in [9.17, 15) is 9.59 Å². The molecule has 0 bridgehead atoms. The van der Waals surface area contributed by atoms with Crippen molar-refractivity contribution in [3.05, 3.63) is 35.9 Å². The number of hydrogen-bond acceptors (Lipinski definition) is 2. The van der Waals surface area contributed by atoms with E-state index in [1.165, 1.54) is 4.90 Å². The Hall–Kier alpha value is -2.28. The van der Waals surface area contributed by atoms with E-state index in [2.05, 4.69) is 11.8 Å². The second-order valence-corrected chi connectivity index (χ2v) is 4.11. The van der Waals surface area contributed by atoms with Gasteiger partial charge in [-0.05, 0) is 25.0 Å². The molecule has 1 aliphatic heterocycles. The molecule has 0 aliphatic carbocycles. The van der Waals surface area contributed by atoms with Gasteiger partial charge in [0.05, 0.1) is 0 Å². The average molecular weight is 243 g/mol. The Morgan fingerprint density at radius 2 is 2.00 bits per heavy atom. The van der Waals surface area contributed by atoms with Crippen LogP contribution in [-0.4, -0.2) is 34.5 Å². The lowest BCUT2D eigenvalue weighted by Crippen LogP contribution is -2.39. The number of amides is 1. The van der Waals surface area contributed by atoms with Gasteiger partial charge in [0, 0.05) is 18.0 Å². The number of carboxylic acid groups (broad SMARTS) is 1. The molecule has 4 heteroatoms. The third-order valence-corrected chi connectivity index (χ3v) is 2.89. The Kier molecular flexibility index (Phi) is 3.63. The van der Waals surface area contributed by atoms with Crippen LogP contribution in [0.25, 0.3) is 0 Å². The summed E-state index contributed by atoms with van der Waals surface area (Å²) in [7, 11) is 0. The zero-order valence-electron chi connectivity index (χ0n) is 9.80. The van der Waals surface area contributed by atoms with Crippen LogP contribution in [0, 0.1) is 11.8 Å². The van der Waals surface area contributed by atoms with E-state index < -0.39 is 17.9 Å². The van der Waals surface area contributed by atoms with E-state index in [0.29, 0.717) is 13.0 Å². The minimum absolute atomic E-state index is 0.413. The average Bonchev–Trinajstić information content (AvgIpc) is 2.86. The summed E-state index contributed by atoms with van der Waals surface area (Å²) in [6, 6.07) is 8.43. The summed E-state index contributed by atoms with van der Waals surface area (Å²) in [4.78, 5) is 24.1. The summed E-state index contributed by atoms with van der Waals surface area (Å²) >= 11 is 0. The second-order valence-electron chi connectivity index (χ2n) is 4.11. The number of carbonyl (C=O) groups is 2. The van der Waals surface area contributed by atoms with Crippen molar-refractivity contribution in [2.24, 2.45) is 0 Å². The van der Waals surface area contributed by atoms with E-state index in [0.717, 1.165) is 12.0 Å². The van der Waals surface area contributed by atoms with Gasteiger partial charge in [-0.25, -0.2) is 4.79 Å². The number of nitrogens with zero attached hydrogens (tertiary/aromatic N) is 1. The van der Waals surface area contributed by atoms with Crippen LogP contribution < -0.4 is 0 Å². The summed E-state index contributed by atoms with van der Waals surface area (Å²) in [6.07, 6.45) is 1.23. The van der Waals surface area contributed by atoms with Crippen LogP contribution in [0.1, 0.15) is 18.4 Å². The molecule has 1 aromatic rings. The van der Waals surface area contributed by atoms with E-state index in [4.69, 9.17) is 5.11 Å². The number of carboxylic acids is 1. The normalized spacial score (nSPS) is 18.0. The number of rotatable bonds is 1. The van der Waals surface area contributed by atoms with E-state index >= 15 is 0 Å². The third-order valence-electron chi connectivity index (χ3n) is 2.89. The SMILES string of the molecule is O=C(O)[C@@H]1CCCN1C(=O)C#Cc1ccccc1. The molecular weight excluding hydrogens is 230 g/mol. The maximum atomic E-state index is 11.8. The number of aliphatic carboxylic acids is 1. The zero-order chi connectivity index (χ0) is 13.0. The largest absolute Gasteiger partial charge is 0.480 e. The molecule has 1 amide bonds. The van der Waals surface area contributed by atoms with Crippen LogP contribution >= 0.6 is 0 Å². The fourth-order valence-electron chi connectivity index (χ4n) is 1.99. The van der Waals surface area contributed by atoms with Gasteiger partial charge in [-0.15, -0.1) is 0 Å². The highest BCUT2D eigenvalue weighted by molar-refractivity contribution is 5.96. The van der Waals surface area contributed by atoms with E-state index in [1.54, 1.807) is 12.1 Å². The van der Waals surface area contributed by atoms with Crippen molar-refractivity contribution in [1.82, 2.24) is 4.90 Å². The van der Waals surface area contributed by atoms with Gasteiger partial charge in [-0.1, -0.05) is 24.1 Å². The Morgan fingerprint density at radius 1 is 1.28 bits per heavy atom. The van der Waals surface area contributed by atoms with Crippen molar-refractivity contribution in [1.29, 1.82) is 0 Å². The molecule has 0 unspecified atom stereocenters. The maximum absolute atomic E-state index is 11.8. The molecule has 1 fully saturated rings. The zero-order valence-corrected chi connectivity index (χ0v) is 9.80. The Labute approximate surface area is 105 Å². The Bertz CT molecular complexity index is 513. The molecule has 2 rings (SSSR count). The van der Waals surface area contributed by atoms with Crippen LogP contribution in [0.2, 0.25) is 0 Å². The van der Waals surface area contributed by atoms with Crippen molar-refractivity contribution in [3.63, 3.8) is 0 Å². The van der Waals surface area contributed by atoms with Crippen LogP contribution in [0.4, 0.5) is 0 Å². The highest BCUT2D eigenvalue weighted by atomic mass is 16.4. The summed E-state index contributed by atoms with van der Waals surface area (Å²) in [6.45, 7) is 0.471. The van der Waals surface area contributed by atoms with Crippen LogP contribution in [0.15, 0.2) is 30.3 Å². The van der Waals surface area contributed by atoms with Crippen molar-refractivity contribution in [2.75, 3.05) is 6.54 Å². The molecule has 1 saturated heterocycles. The first kappa shape index (κ1) is 12.2. The molecule has 0 spiro atoms. The Morgan fingerprint density at radius 3 is 2.67 bits per heavy atom. The molecular formula is C14H13NO3. The van der Waals surface area contributed by atoms with Crippen LogP contribution in [0.5, 0.6) is 0 Å². The highest BCUT2D eigenvalue weighted by Gasteiger charge is 2.33. The lowest BCUT2D eigenvalue weighted by atomic mass is 10.2. The minimum Gasteiger partial charge on any atom is -0.480 e. The van der Waals surface area contributed by atoms with Gasteiger partial charge in [-0.3, -0.25) is 4.79 Å². The summed E-state index contributed by atoms with van der Waals surface area (Å²) in [5.41, 5.74) is 0.747. The number of carbonyl (C=O) groups excluding carboxylic acids is 1. The maximum Gasteiger partial charge on any atom is 0.326 e. The standard InChI is InChI=1S/C14H13NO3/c16-13(9-8-11-5-2-1-3-6-11)15-10-4-7-12(15)14(17)18/h1-3,5-6,12H,4,7,10H2,(H,17,18)/t12-/m0/s1. The van der Waals surface area contributed by atoms with Crippen LogP contribution in [-0.2, 0) is 9.59 Å². The molecule has 1 aliphatic rings. The molecule has 1 N–H and O–H groups in total. The van der Waals surface area contributed by atoms with Gasteiger partial charge in [0.1, 0.15) is 6.04 Å². The molecule has 0 aromatic heterocycles. The second kappa shape index (κ2) is 5.37. The molecule has 4 nitrogen and oxygen atoms in total. The molecule has 1 aromatic carbocycles. The number of hydrogen-bond donors (Lipinski definition) is 1. The fraction of sp³-hybridized carbons (Fsp3) is 0.286. The van der Waals surface area contributed by atoms with E-state index in [1.807, 2.05) is 18.2 Å². The topological polar surface area (TPSA) is 57.6 Å². The summed E-state index contributed by atoms with van der Waals surface area (Å²) < 4.78 is 0. The molecule has 1 atom stereocenters. The molecule has 1 heterocycles. The van der Waals surface area contributed by atoms with E-state index in [-0.39, 0.29) is 0 Å². The predicted octanol–water partition coefficient (Wildman–Crippen LogP) is 1.11. The van der Waals surface area contributed by atoms with Crippen molar-refractivity contribution < 1.29 is 14.7 Å². The number of likely N-dealkylation sites (tertiary alicyclic amines) is 1. The molecule has 92 valence electrons.